The predicted molar refractivity (Wildman–Crippen MR) is 70.3 cm³/mol. The summed E-state index contributed by atoms with van der Waals surface area (Å²) in [6.07, 6.45) is 0. The van der Waals surface area contributed by atoms with E-state index < -0.39 is 5.38 Å². The third kappa shape index (κ3) is 3.14. The van der Waals surface area contributed by atoms with Crippen LogP contribution in [0.15, 0.2) is 46.9 Å². The van der Waals surface area contributed by atoms with Crippen molar-refractivity contribution >= 4 is 17.5 Å². The van der Waals surface area contributed by atoms with Gasteiger partial charge in [0.2, 0.25) is 5.91 Å². The number of alkyl halides is 1. The molecule has 0 aliphatic carbocycles. The van der Waals surface area contributed by atoms with E-state index in [-0.39, 0.29) is 5.91 Å². The molecule has 0 saturated heterocycles. The van der Waals surface area contributed by atoms with Crippen LogP contribution in [0, 0.1) is 6.92 Å². The minimum Gasteiger partial charge on any atom is -0.465 e. The first-order valence-corrected chi connectivity index (χ1v) is 6.12. The van der Waals surface area contributed by atoms with Crippen molar-refractivity contribution in [3.8, 4) is 0 Å². The number of aryl methyl sites for hydroxylation is 1. The molecule has 3 nitrogen and oxygen atoms in total. The first kappa shape index (κ1) is 12.7. The normalized spacial score (nSPS) is 12.1. The summed E-state index contributed by atoms with van der Waals surface area (Å²) >= 11 is 6.09. The van der Waals surface area contributed by atoms with Crippen molar-refractivity contribution in [1.82, 2.24) is 5.32 Å². The van der Waals surface area contributed by atoms with Crippen molar-refractivity contribution in [3.63, 3.8) is 0 Å². The molecule has 2 aromatic rings. The van der Waals surface area contributed by atoms with Crippen molar-refractivity contribution < 1.29 is 9.21 Å². The number of benzene rings is 1. The van der Waals surface area contributed by atoms with E-state index in [0.29, 0.717) is 6.54 Å². The van der Waals surface area contributed by atoms with E-state index in [1.165, 1.54) is 0 Å². The second kappa shape index (κ2) is 5.74. The SMILES string of the molecule is Cc1ccc(CNC(=O)C(Cl)c2ccccc2)o1. The van der Waals surface area contributed by atoms with Gasteiger partial charge in [-0.05, 0) is 24.6 Å². The summed E-state index contributed by atoms with van der Waals surface area (Å²) in [6, 6.07) is 12.9. The smallest absolute Gasteiger partial charge is 0.242 e. The van der Waals surface area contributed by atoms with E-state index in [1.54, 1.807) is 0 Å². The number of carbonyl (C=O) groups excluding carboxylic acids is 1. The Bertz CT molecular complexity index is 522. The number of carbonyl (C=O) groups is 1. The average molecular weight is 264 g/mol. The van der Waals surface area contributed by atoms with Crippen molar-refractivity contribution in [2.75, 3.05) is 0 Å². The summed E-state index contributed by atoms with van der Waals surface area (Å²) in [5.41, 5.74) is 0.785. The Kier molecular flexibility index (Phi) is 4.05. The number of halogens is 1. The van der Waals surface area contributed by atoms with Crippen LogP contribution in [-0.2, 0) is 11.3 Å². The molecule has 0 radical (unpaired) electrons. The molecule has 0 aliphatic rings. The maximum atomic E-state index is 11.8. The fraction of sp³-hybridized carbons (Fsp3) is 0.214. The molecule has 0 fully saturated rings. The predicted octanol–water partition coefficient (Wildman–Crippen LogP) is 3.18. The molecule has 18 heavy (non-hydrogen) atoms. The van der Waals surface area contributed by atoms with Crippen molar-refractivity contribution in [3.05, 3.63) is 59.5 Å². The number of hydrogen-bond acceptors (Lipinski definition) is 2. The van der Waals surface area contributed by atoms with Crippen LogP contribution in [0.3, 0.4) is 0 Å². The molecule has 1 N–H and O–H groups in total. The van der Waals surface area contributed by atoms with E-state index in [9.17, 15) is 4.79 Å². The minimum atomic E-state index is -0.678. The number of rotatable bonds is 4. The van der Waals surface area contributed by atoms with Crippen LogP contribution in [0.1, 0.15) is 22.5 Å². The van der Waals surface area contributed by atoms with Crippen LogP contribution in [0.5, 0.6) is 0 Å². The lowest BCUT2D eigenvalue weighted by molar-refractivity contribution is -0.121. The second-order valence-electron chi connectivity index (χ2n) is 4.00. The van der Waals surface area contributed by atoms with Crippen molar-refractivity contribution in [2.24, 2.45) is 0 Å². The quantitative estimate of drug-likeness (QED) is 0.861. The molecule has 1 amide bonds. The van der Waals surface area contributed by atoms with Crippen molar-refractivity contribution in [1.29, 1.82) is 0 Å². The van der Waals surface area contributed by atoms with E-state index >= 15 is 0 Å². The Balaban J connectivity index is 1.92. The van der Waals surface area contributed by atoms with Crippen LogP contribution >= 0.6 is 11.6 Å². The Hall–Kier alpha value is -1.74. The summed E-state index contributed by atoms with van der Waals surface area (Å²) in [5, 5.41) is 2.07. The van der Waals surface area contributed by atoms with E-state index in [1.807, 2.05) is 49.4 Å². The zero-order valence-corrected chi connectivity index (χ0v) is 10.8. The summed E-state index contributed by atoms with van der Waals surface area (Å²) in [4.78, 5) is 11.8. The molecule has 4 heteroatoms. The first-order chi connectivity index (χ1) is 8.66. The van der Waals surface area contributed by atoms with E-state index in [0.717, 1.165) is 17.1 Å². The third-order valence-corrected chi connectivity index (χ3v) is 3.01. The number of hydrogen-bond donors (Lipinski definition) is 1. The second-order valence-corrected chi connectivity index (χ2v) is 4.44. The topological polar surface area (TPSA) is 42.2 Å². The maximum absolute atomic E-state index is 11.8. The van der Waals surface area contributed by atoms with Gasteiger partial charge in [0.05, 0.1) is 6.54 Å². The Labute approximate surface area is 111 Å². The molecule has 1 aromatic heterocycles. The highest BCUT2D eigenvalue weighted by molar-refractivity contribution is 6.30. The number of nitrogens with one attached hydrogen (secondary N) is 1. The molecule has 0 saturated carbocycles. The highest BCUT2D eigenvalue weighted by atomic mass is 35.5. The third-order valence-electron chi connectivity index (χ3n) is 2.56. The molecule has 1 heterocycles. The lowest BCUT2D eigenvalue weighted by Gasteiger charge is -2.09. The summed E-state index contributed by atoms with van der Waals surface area (Å²) in [7, 11) is 0. The summed E-state index contributed by atoms with van der Waals surface area (Å²) < 4.78 is 5.36. The molecular formula is C14H14ClNO2. The van der Waals surface area contributed by atoms with Gasteiger partial charge in [-0.2, -0.15) is 0 Å². The molecular weight excluding hydrogens is 250 g/mol. The van der Waals surface area contributed by atoms with Crippen LogP contribution in [0.2, 0.25) is 0 Å². The average Bonchev–Trinajstić information content (AvgIpc) is 2.82. The zero-order valence-electron chi connectivity index (χ0n) is 10.0. The van der Waals surface area contributed by atoms with Crippen LogP contribution in [0.25, 0.3) is 0 Å². The molecule has 0 aliphatic heterocycles. The van der Waals surface area contributed by atoms with E-state index in [4.69, 9.17) is 16.0 Å². The highest BCUT2D eigenvalue weighted by Gasteiger charge is 2.17. The molecule has 0 spiro atoms. The molecule has 1 atom stereocenters. The number of furan rings is 1. The lowest BCUT2D eigenvalue weighted by Crippen LogP contribution is -2.26. The van der Waals surface area contributed by atoms with Gasteiger partial charge in [-0.25, -0.2) is 0 Å². The zero-order chi connectivity index (χ0) is 13.0. The van der Waals surface area contributed by atoms with Gasteiger partial charge in [0.25, 0.3) is 0 Å². The van der Waals surface area contributed by atoms with Crippen molar-refractivity contribution in [2.45, 2.75) is 18.8 Å². The van der Waals surface area contributed by atoms with Crippen LogP contribution in [-0.4, -0.2) is 5.91 Å². The molecule has 2 rings (SSSR count). The lowest BCUT2D eigenvalue weighted by atomic mass is 10.1. The molecule has 1 unspecified atom stereocenters. The monoisotopic (exact) mass is 263 g/mol. The van der Waals surface area contributed by atoms with Gasteiger partial charge in [-0.3, -0.25) is 4.79 Å². The fourth-order valence-electron chi connectivity index (χ4n) is 1.62. The van der Waals surface area contributed by atoms with Gasteiger partial charge < -0.3 is 9.73 Å². The van der Waals surface area contributed by atoms with Gasteiger partial charge in [0.15, 0.2) is 0 Å². The highest BCUT2D eigenvalue weighted by Crippen LogP contribution is 2.20. The maximum Gasteiger partial charge on any atom is 0.242 e. The van der Waals surface area contributed by atoms with E-state index in [2.05, 4.69) is 5.32 Å². The van der Waals surface area contributed by atoms with Gasteiger partial charge in [-0.1, -0.05) is 30.3 Å². The molecule has 0 bridgehead atoms. The summed E-state index contributed by atoms with van der Waals surface area (Å²) in [5.74, 6) is 1.32. The Morgan fingerprint density at radius 2 is 2.00 bits per heavy atom. The summed E-state index contributed by atoms with van der Waals surface area (Å²) in [6.45, 7) is 2.21. The van der Waals surface area contributed by atoms with Crippen LogP contribution < -0.4 is 5.32 Å². The largest absolute Gasteiger partial charge is 0.465 e. The Morgan fingerprint density at radius 3 is 2.61 bits per heavy atom. The first-order valence-electron chi connectivity index (χ1n) is 5.69. The fourth-order valence-corrected chi connectivity index (χ4v) is 1.84. The van der Waals surface area contributed by atoms with Gasteiger partial charge in [-0.15, -0.1) is 11.6 Å². The van der Waals surface area contributed by atoms with Gasteiger partial charge in [0, 0.05) is 0 Å². The van der Waals surface area contributed by atoms with Gasteiger partial charge >= 0.3 is 0 Å². The molecule has 94 valence electrons. The standard InChI is InChI=1S/C14H14ClNO2/c1-10-7-8-12(18-10)9-16-14(17)13(15)11-5-3-2-4-6-11/h2-8,13H,9H2,1H3,(H,16,17). The Morgan fingerprint density at radius 1 is 1.28 bits per heavy atom. The molecule has 1 aromatic carbocycles. The minimum absolute atomic E-state index is 0.225. The van der Waals surface area contributed by atoms with Crippen LogP contribution in [0.4, 0.5) is 0 Å². The number of amides is 1. The van der Waals surface area contributed by atoms with Gasteiger partial charge in [0.1, 0.15) is 16.9 Å².